The monoisotopic (exact) mass is 305 g/mol. The van der Waals surface area contributed by atoms with E-state index < -0.39 is 0 Å². The fraction of sp³-hybridized carbons (Fsp3) is 0.533. The number of aromatic nitrogens is 2. The molecule has 0 radical (unpaired) electrons. The Morgan fingerprint density at radius 1 is 1.33 bits per heavy atom. The van der Waals surface area contributed by atoms with E-state index in [1.165, 1.54) is 17.8 Å². The normalized spacial score (nSPS) is 15.6. The third-order valence-electron chi connectivity index (χ3n) is 4.10. The Morgan fingerprint density at radius 3 is 2.71 bits per heavy atom. The lowest BCUT2D eigenvalue weighted by atomic mass is 10.1. The highest BCUT2D eigenvalue weighted by molar-refractivity contribution is 7.20. The van der Waals surface area contributed by atoms with Gasteiger partial charge in [0.25, 0.3) is 11.5 Å². The zero-order valence-electron chi connectivity index (χ0n) is 12.4. The Bertz CT molecular complexity index is 741. The molecule has 0 aromatic carbocycles. The van der Waals surface area contributed by atoms with E-state index in [0.29, 0.717) is 21.6 Å². The summed E-state index contributed by atoms with van der Waals surface area (Å²) in [6.45, 7) is 6.00. The maximum absolute atomic E-state index is 12.7. The largest absolute Gasteiger partial charge is 0.338 e. The van der Waals surface area contributed by atoms with Crippen LogP contribution in [0, 0.1) is 6.92 Å². The van der Waals surface area contributed by atoms with Crippen molar-refractivity contribution < 1.29 is 4.79 Å². The molecular formula is C15H19N3O2S. The number of likely N-dealkylation sites (tertiary alicyclic amines) is 1. The molecule has 0 saturated carbocycles. The zero-order chi connectivity index (χ0) is 15.0. The Hall–Kier alpha value is -1.69. The van der Waals surface area contributed by atoms with Crippen molar-refractivity contribution in [1.29, 1.82) is 0 Å². The number of hydrogen-bond acceptors (Lipinski definition) is 4. The molecule has 0 unspecified atom stereocenters. The average Bonchev–Trinajstić information content (AvgIpc) is 2.85. The Morgan fingerprint density at radius 2 is 2.05 bits per heavy atom. The van der Waals surface area contributed by atoms with Crippen LogP contribution in [0.1, 0.15) is 41.4 Å². The van der Waals surface area contributed by atoms with E-state index in [9.17, 15) is 9.59 Å². The molecule has 0 spiro atoms. The molecule has 1 aliphatic rings. The molecule has 1 fully saturated rings. The average molecular weight is 305 g/mol. The molecule has 112 valence electrons. The fourth-order valence-corrected chi connectivity index (χ4v) is 3.94. The van der Waals surface area contributed by atoms with Gasteiger partial charge in [0.2, 0.25) is 0 Å². The molecule has 3 heterocycles. The first-order valence-corrected chi connectivity index (χ1v) is 8.23. The predicted molar refractivity (Wildman–Crippen MR) is 84.0 cm³/mol. The van der Waals surface area contributed by atoms with E-state index in [1.807, 2.05) is 18.7 Å². The summed E-state index contributed by atoms with van der Waals surface area (Å²) in [5.41, 5.74) is 0.736. The number of amides is 1. The van der Waals surface area contributed by atoms with Crippen LogP contribution in [-0.4, -0.2) is 33.4 Å². The van der Waals surface area contributed by atoms with Crippen LogP contribution in [0.5, 0.6) is 0 Å². The van der Waals surface area contributed by atoms with Crippen molar-refractivity contribution in [2.24, 2.45) is 0 Å². The van der Waals surface area contributed by atoms with Crippen LogP contribution in [0.2, 0.25) is 0 Å². The summed E-state index contributed by atoms with van der Waals surface area (Å²) in [5, 5.41) is 0.602. The van der Waals surface area contributed by atoms with Crippen molar-refractivity contribution in [3.63, 3.8) is 0 Å². The molecule has 6 heteroatoms. The minimum absolute atomic E-state index is 0.0473. The second kappa shape index (κ2) is 5.60. The summed E-state index contributed by atoms with van der Waals surface area (Å²) < 4.78 is 1.58. The number of fused-ring (bicyclic) bond motifs is 1. The maximum Gasteiger partial charge on any atom is 0.264 e. The predicted octanol–water partition coefficient (Wildman–Crippen LogP) is 2.41. The van der Waals surface area contributed by atoms with Gasteiger partial charge in [-0.3, -0.25) is 14.2 Å². The zero-order valence-corrected chi connectivity index (χ0v) is 13.2. The molecule has 3 rings (SSSR count). The van der Waals surface area contributed by atoms with Crippen molar-refractivity contribution in [1.82, 2.24) is 14.5 Å². The Kier molecular flexibility index (Phi) is 3.80. The van der Waals surface area contributed by atoms with Gasteiger partial charge in [0.05, 0.1) is 16.6 Å². The molecule has 1 aliphatic heterocycles. The standard InChI is InChI=1S/C15H19N3O2S/c1-3-17-9-16-13-11(14(17)19)10(2)12(21-13)15(20)18-7-5-4-6-8-18/h9H,3-8H2,1-2H3. The molecule has 0 aliphatic carbocycles. The van der Waals surface area contributed by atoms with E-state index >= 15 is 0 Å². The molecule has 2 aromatic rings. The van der Waals surface area contributed by atoms with Crippen molar-refractivity contribution in [3.8, 4) is 0 Å². The van der Waals surface area contributed by atoms with Gasteiger partial charge in [-0.25, -0.2) is 4.98 Å². The van der Waals surface area contributed by atoms with Crippen LogP contribution in [-0.2, 0) is 6.54 Å². The van der Waals surface area contributed by atoms with Crippen LogP contribution >= 0.6 is 11.3 Å². The summed E-state index contributed by atoms with van der Waals surface area (Å²) in [5.74, 6) is 0.0534. The van der Waals surface area contributed by atoms with Gasteiger partial charge in [-0.15, -0.1) is 11.3 Å². The highest BCUT2D eigenvalue weighted by Gasteiger charge is 2.24. The van der Waals surface area contributed by atoms with Gasteiger partial charge in [0.1, 0.15) is 4.83 Å². The van der Waals surface area contributed by atoms with E-state index in [1.54, 1.807) is 10.9 Å². The van der Waals surface area contributed by atoms with Crippen LogP contribution < -0.4 is 5.56 Å². The quantitative estimate of drug-likeness (QED) is 0.856. The number of carbonyl (C=O) groups excluding carboxylic acids is 1. The molecule has 0 bridgehead atoms. The number of hydrogen-bond donors (Lipinski definition) is 0. The molecular weight excluding hydrogens is 286 g/mol. The van der Waals surface area contributed by atoms with Gasteiger partial charge in [-0.05, 0) is 38.7 Å². The smallest absolute Gasteiger partial charge is 0.264 e. The topological polar surface area (TPSA) is 55.2 Å². The number of thiophene rings is 1. The summed E-state index contributed by atoms with van der Waals surface area (Å²) >= 11 is 1.34. The number of rotatable bonds is 2. The molecule has 0 atom stereocenters. The number of carbonyl (C=O) groups is 1. The Balaban J connectivity index is 2.07. The van der Waals surface area contributed by atoms with Gasteiger partial charge < -0.3 is 4.90 Å². The van der Waals surface area contributed by atoms with E-state index in [2.05, 4.69) is 4.98 Å². The van der Waals surface area contributed by atoms with Crippen LogP contribution in [0.15, 0.2) is 11.1 Å². The molecule has 1 amide bonds. The fourth-order valence-electron chi connectivity index (χ4n) is 2.83. The van der Waals surface area contributed by atoms with Crippen LogP contribution in [0.25, 0.3) is 10.2 Å². The van der Waals surface area contributed by atoms with Gasteiger partial charge >= 0.3 is 0 Å². The summed E-state index contributed by atoms with van der Waals surface area (Å²) in [7, 11) is 0. The van der Waals surface area contributed by atoms with Crippen LogP contribution in [0.3, 0.4) is 0 Å². The number of nitrogens with zero attached hydrogens (tertiary/aromatic N) is 3. The lowest BCUT2D eigenvalue weighted by molar-refractivity contribution is 0.0728. The van der Waals surface area contributed by atoms with E-state index in [-0.39, 0.29) is 11.5 Å². The SMILES string of the molecule is CCn1cnc2sc(C(=O)N3CCCCC3)c(C)c2c1=O. The molecule has 5 nitrogen and oxygen atoms in total. The number of piperidine rings is 1. The van der Waals surface area contributed by atoms with E-state index in [0.717, 1.165) is 31.5 Å². The maximum atomic E-state index is 12.7. The van der Waals surface area contributed by atoms with Crippen molar-refractivity contribution in [3.05, 3.63) is 27.1 Å². The molecule has 1 saturated heterocycles. The molecule has 0 N–H and O–H groups in total. The highest BCUT2D eigenvalue weighted by Crippen LogP contribution is 2.28. The lowest BCUT2D eigenvalue weighted by Crippen LogP contribution is -2.35. The first kappa shape index (κ1) is 14.3. The van der Waals surface area contributed by atoms with Crippen molar-refractivity contribution in [2.75, 3.05) is 13.1 Å². The number of aryl methyl sites for hydroxylation is 2. The first-order valence-electron chi connectivity index (χ1n) is 7.41. The highest BCUT2D eigenvalue weighted by atomic mass is 32.1. The second-order valence-corrected chi connectivity index (χ2v) is 6.42. The Labute approximate surface area is 127 Å². The second-order valence-electron chi connectivity index (χ2n) is 5.42. The third-order valence-corrected chi connectivity index (χ3v) is 5.28. The summed E-state index contributed by atoms with van der Waals surface area (Å²) in [6, 6.07) is 0. The van der Waals surface area contributed by atoms with Gasteiger partial charge in [0.15, 0.2) is 0 Å². The summed E-state index contributed by atoms with van der Waals surface area (Å²) in [4.78, 5) is 32.6. The molecule has 21 heavy (non-hydrogen) atoms. The summed E-state index contributed by atoms with van der Waals surface area (Å²) in [6.07, 6.45) is 4.89. The lowest BCUT2D eigenvalue weighted by Gasteiger charge is -2.26. The minimum Gasteiger partial charge on any atom is -0.338 e. The van der Waals surface area contributed by atoms with E-state index in [4.69, 9.17) is 0 Å². The van der Waals surface area contributed by atoms with Crippen molar-refractivity contribution in [2.45, 2.75) is 39.7 Å². The minimum atomic E-state index is -0.0473. The van der Waals surface area contributed by atoms with Crippen molar-refractivity contribution >= 4 is 27.5 Å². The van der Waals surface area contributed by atoms with Crippen LogP contribution in [0.4, 0.5) is 0 Å². The first-order chi connectivity index (χ1) is 10.1. The van der Waals surface area contributed by atoms with Gasteiger partial charge in [-0.1, -0.05) is 0 Å². The third kappa shape index (κ3) is 2.37. The van der Waals surface area contributed by atoms with Gasteiger partial charge in [0, 0.05) is 19.6 Å². The molecule has 2 aromatic heterocycles. The van der Waals surface area contributed by atoms with Gasteiger partial charge in [-0.2, -0.15) is 0 Å².